The molecule has 3 rings (SSSR count). The van der Waals surface area contributed by atoms with Gasteiger partial charge in [-0.3, -0.25) is 14.4 Å². The molecule has 2 aliphatic heterocycles. The number of nitrogens with zero attached hydrogens (tertiary/aromatic N) is 4. The Morgan fingerprint density at radius 2 is 2.03 bits per heavy atom. The number of anilines is 1. The Kier molecular flexibility index (Phi) is 7.39. The topological polar surface area (TPSA) is 164 Å². The lowest BCUT2D eigenvalue weighted by atomic mass is 10.0. The summed E-state index contributed by atoms with van der Waals surface area (Å²) in [5.74, 6) is -3.94. The molecule has 0 aliphatic carbocycles. The molecule has 0 unspecified atom stereocenters. The molecule has 0 radical (unpaired) electrons. The van der Waals surface area contributed by atoms with E-state index in [1.54, 1.807) is 0 Å². The zero-order valence-electron chi connectivity index (χ0n) is 18.1. The van der Waals surface area contributed by atoms with Crippen molar-refractivity contribution in [1.82, 2.24) is 15.2 Å². The minimum Gasteiger partial charge on any atom is -0.477 e. The molecule has 0 atom stereocenters. The van der Waals surface area contributed by atoms with E-state index in [0.29, 0.717) is 21.5 Å². The molecule has 33 heavy (non-hydrogen) atoms. The maximum atomic E-state index is 12.8. The molecular weight excluding hydrogens is 472 g/mol. The zero-order chi connectivity index (χ0) is 24.3. The maximum Gasteiger partial charge on any atom is 0.353 e. The first kappa shape index (κ1) is 24.7. The molecule has 178 valence electrons. The lowest BCUT2D eigenvalue weighted by molar-refractivity contribution is -0.893. The predicted molar refractivity (Wildman–Crippen MR) is 122 cm³/mol. The van der Waals surface area contributed by atoms with Crippen molar-refractivity contribution in [3.8, 4) is 0 Å². The first-order chi connectivity index (χ1) is 15.6. The van der Waals surface area contributed by atoms with Crippen LogP contribution in [0.1, 0.15) is 18.5 Å². The van der Waals surface area contributed by atoms with Gasteiger partial charge in [0.05, 0.1) is 20.1 Å². The first-order valence-corrected chi connectivity index (χ1v) is 11.5. The van der Waals surface area contributed by atoms with Gasteiger partial charge in [0.25, 0.3) is 17.7 Å². The zero-order valence-corrected chi connectivity index (χ0v) is 19.8. The number of thiol groups is 1. The summed E-state index contributed by atoms with van der Waals surface area (Å²) in [7, 11) is 3.22. The highest BCUT2D eigenvalue weighted by Crippen LogP contribution is 2.27. The third-order valence-electron chi connectivity index (χ3n) is 5.54. The Hall–Kier alpha value is -2.97. The average Bonchev–Trinajstić information content (AvgIpc) is 3.40. The fourth-order valence-electron chi connectivity index (χ4n) is 3.96. The Morgan fingerprint density at radius 3 is 2.52 bits per heavy atom. The van der Waals surface area contributed by atoms with Crippen LogP contribution in [0, 0.1) is 0 Å². The molecule has 14 heteroatoms. The highest BCUT2D eigenvalue weighted by Gasteiger charge is 2.52. The highest BCUT2D eigenvalue weighted by atomic mass is 32.1. The van der Waals surface area contributed by atoms with Gasteiger partial charge in [0, 0.05) is 29.5 Å². The summed E-state index contributed by atoms with van der Waals surface area (Å²) < 4.78 is 0.608. The van der Waals surface area contributed by atoms with Crippen LogP contribution >= 0.6 is 24.0 Å². The first-order valence-electron chi connectivity index (χ1n) is 10.0. The Labute approximate surface area is 199 Å². The summed E-state index contributed by atoms with van der Waals surface area (Å²) in [5, 5.41) is 17.3. The van der Waals surface area contributed by atoms with Gasteiger partial charge in [0.2, 0.25) is 0 Å². The number of likely N-dealkylation sites (tertiary alicyclic amines) is 2. The largest absolute Gasteiger partial charge is 0.477 e. The summed E-state index contributed by atoms with van der Waals surface area (Å²) in [5.41, 5.74) is 5.38. The number of β-lactam (4-membered cyclic amide) rings is 2. The van der Waals surface area contributed by atoms with Gasteiger partial charge >= 0.3 is 5.97 Å². The number of carbonyl (C=O) groups is 4. The van der Waals surface area contributed by atoms with Crippen LogP contribution in [0.2, 0.25) is 0 Å². The minimum absolute atomic E-state index is 0.0689. The molecule has 2 fully saturated rings. The second kappa shape index (κ2) is 9.89. The number of oxime groups is 1. The fourth-order valence-corrected chi connectivity index (χ4v) is 4.76. The van der Waals surface area contributed by atoms with Crippen molar-refractivity contribution >= 4 is 58.5 Å². The highest BCUT2D eigenvalue weighted by molar-refractivity contribution is 7.80. The Balaban J connectivity index is 1.81. The van der Waals surface area contributed by atoms with Gasteiger partial charge in [0.1, 0.15) is 25.0 Å². The van der Waals surface area contributed by atoms with Gasteiger partial charge in [0.15, 0.2) is 16.9 Å². The third kappa shape index (κ3) is 5.02. The molecular formula is C19H25N6O6S2+. The second-order valence-electron chi connectivity index (χ2n) is 7.96. The van der Waals surface area contributed by atoms with Crippen molar-refractivity contribution in [2.75, 3.05) is 45.3 Å². The van der Waals surface area contributed by atoms with Gasteiger partial charge in [-0.2, -0.15) is 12.6 Å². The summed E-state index contributed by atoms with van der Waals surface area (Å²) >= 11 is 5.32. The van der Waals surface area contributed by atoms with Crippen LogP contribution in [-0.2, 0) is 24.0 Å². The van der Waals surface area contributed by atoms with Crippen molar-refractivity contribution in [2.24, 2.45) is 5.16 Å². The van der Waals surface area contributed by atoms with Crippen molar-refractivity contribution in [1.29, 1.82) is 0 Å². The minimum atomic E-state index is -1.55. The monoisotopic (exact) mass is 497 g/mol. The average molecular weight is 498 g/mol. The van der Waals surface area contributed by atoms with Crippen molar-refractivity contribution < 1.29 is 33.6 Å². The van der Waals surface area contributed by atoms with Crippen LogP contribution in [-0.4, -0.2) is 94.5 Å². The molecule has 0 saturated carbocycles. The predicted octanol–water partition coefficient (Wildman–Crippen LogP) is -0.562. The SMILES string of the molecule is CO/N=C(\C(=O)NC1C(=O)N(C(C(=O)O)=C(CS)C[N+]2(C)CCCC2)C1=O)c1csc(N)n1. The number of nitrogens with one attached hydrogen (secondary N) is 1. The van der Waals surface area contributed by atoms with E-state index in [0.717, 1.165) is 37.3 Å². The van der Waals surface area contributed by atoms with Crippen LogP contribution < -0.4 is 11.1 Å². The lowest BCUT2D eigenvalue weighted by Gasteiger charge is -2.38. The van der Waals surface area contributed by atoms with Crippen molar-refractivity contribution in [2.45, 2.75) is 18.9 Å². The second-order valence-corrected chi connectivity index (χ2v) is 9.17. The number of nitrogens with two attached hydrogens (primary N) is 1. The van der Waals surface area contributed by atoms with Crippen LogP contribution in [0.5, 0.6) is 0 Å². The molecule has 1 aromatic heterocycles. The number of hydrogen-bond acceptors (Lipinski definition) is 10. The van der Waals surface area contributed by atoms with Gasteiger partial charge in [-0.1, -0.05) is 5.16 Å². The lowest BCUT2D eigenvalue weighted by Crippen LogP contribution is -2.69. The van der Waals surface area contributed by atoms with Crippen LogP contribution in [0.4, 0.5) is 5.13 Å². The number of quaternary nitrogens is 1. The smallest absolute Gasteiger partial charge is 0.353 e. The summed E-state index contributed by atoms with van der Waals surface area (Å²) in [4.78, 5) is 59.4. The molecule has 0 bridgehead atoms. The van der Waals surface area contributed by atoms with E-state index in [1.165, 1.54) is 12.5 Å². The van der Waals surface area contributed by atoms with Crippen molar-refractivity contribution in [3.05, 3.63) is 22.3 Å². The molecule has 0 aromatic carbocycles. The Bertz CT molecular complexity index is 1030. The number of imide groups is 1. The van der Waals surface area contributed by atoms with Gasteiger partial charge < -0.3 is 25.5 Å². The molecule has 2 saturated heterocycles. The number of likely N-dealkylation sites (N-methyl/N-ethyl adjacent to an activating group) is 1. The quantitative estimate of drug-likeness (QED) is 0.0670. The summed E-state index contributed by atoms with van der Waals surface area (Å²) in [6.07, 6.45) is 2.04. The standard InChI is InChI=1S/C19H24N6O6S2/c1-25(5-3-4-6-25)7-10(8-32)14(18(29)30)24-16(27)13(17(24)28)22-15(26)12(23-31-2)11-9-33-19(20)21-11/h9,13H,3-8H2,1-2H3,(H4-,20,21,22,26,29,30,32)/p+1/b14-10?,23-12-. The number of hydrogen-bond donors (Lipinski definition) is 4. The van der Waals surface area contributed by atoms with E-state index in [9.17, 15) is 24.3 Å². The fraction of sp³-hybridized carbons (Fsp3) is 0.474. The number of nitrogen functional groups attached to an aromatic ring is 1. The van der Waals surface area contributed by atoms with E-state index < -0.39 is 35.4 Å². The molecule has 2 aliphatic rings. The van der Waals surface area contributed by atoms with Crippen molar-refractivity contribution in [3.63, 3.8) is 0 Å². The summed E-state index contributed by atoms with van der Waals surface area (Å²) in [6, 6.07) is -1.55. The number of carboxylic acid groups (broad SMARTS) is 1. The van der Waals surface area contributed by atoms with E-state index in [1.807, 2.05) is 7.05 Å². The molecule has 3 heterocycles. The number of thiazole rings is 1. The van der Waals surface area contributed by atoms with E-state index in [-0.39, 0.29) is 22.3 Å². The molecule has 3 amide bonds. The number of aromatic nitrogens is 1. The third-order valence-corrected chi connectivity index (χ3v) is 6.60. The number of amides is 3. The normalized spacial score (nSPS) is 19.2. The molecule has 4 N–H and O–H groups in total. The molecule has 1 aromatic rings. The van der Waals surface area contributed by atoms with Crippen LogP contribution in [0.15, 0.2) is 21.8 Å². The van der Waals surface area contributed by atoms with Gasteiger partial charge in [-0.05, 0) is 0 Å². The van der Waals surface area contributed by atoms with E-state index >= 15 is 0 Å². The maximum absolute atomic E-state index is 12.8. The number of carboxylic acids is 1. The van der Waals surface area contributed by atoms with Crippen LogP contribution in [0.25, 0.3) is 0 Å². The molecule has 0 spiro atoms. The number of carbonyl (C=O) groups excluding carboxylic acids is 3. The summed E-state index contributed by atoms with van der Waals surface area (Å²) in [6.45, 7) is 2.09. The van der Waals surface area contributed by atoms with Crippen LogP contribution in [0.3, 0.4) is 0 Å². The van der Waals surface area contributed by atoms with Gasteiger partial charge in [-0.25, -0.2) is 14.7 Å². The number of aliphatic carboxylic acids is 1. The van der Waals surface area contributed by atoms with E-state index in [4.69, 9.17) is 5.73 Å². The number of rotatable bonds is 9. The van der Waals surface area contributed by atoms with E-state index in [2.05, 4.69) is 32.9 Å². The Morgan fingerprint density at radius 1 is 1.39 bits per heavy atom. The molecule has 12 nitrogen and oxygen atoms in total. The van der Waals surface area contributed by atoms with Gasteiger partial charge in [-0.15, -0.1) is 11.3 Å².